The third kappa shape index (κ3) is 5.23. The second kappa shape index (κ2) is 8.45. The van der Waals surface area contributed by atoms with Crippen molar-refractivity contribution in [2.24, 2.45) is 5.92 Å². The first kappa shape index (κ1) is 17.2. The van der Waals surface area contributed by atoms with E-state index in [4.69, 9.17) is 4.74 Å². The average Bonchev–Trinajstić information content (AvgIpc) is 2.87. The summed E-state index contributed by atoms with van der Waals surface area (Å²) in [5.74, 6) is -0.0940. The van der Waals surface area contributed by atoms with Gasteiger partial charge in [-0.3, -0.25) is 14.5 Å². The van der Waals surface area contributed by atoms with Crippen molar-refractivity contribution < 1.29 is 14.3 Å². The van der Waals surface area contributed by atoms with E-state index in [1.165, 1.54) is 0 Å². The Labute approximate surface area is 132 Å². The Kier molecular flexibility index (Phi) is 6.60. The van der Waals surface area contributed by atoms with Gasteiger partial charge in [-0.15, -0.1) is 0 Å². The molecule has 7 nitrogen and oxygen atoms in total. The molecular weight excluding hydrogens is 284 g/mol. The zero-order chi connectivity index (χ0) is 15.9. The Morgan fingerprint density at radius 2 is 2.05 bits per heavy atom. The number of amides is 2. The molecule has 0 bridgehead atoms. The van der Waals surface area contributed by atoms with Gasteiger partial charge in [0, 0.05) is 52.2 Å². The predicted octanol–water partition coefficient (Wildman–Crippen LogP) is -1.16. The van der Waals surface area contributed by atoms with Crippen molar-refractivity contribution in [1.82, 2.24) is 20.0 Å². The summed E-state index contributed by atoms with van der Waals surface area (Å²) in [7, 11) is 3.97. The molecule has 1 N–H and O–H groups in total. The summed E-state index contributed by atoms with van der Waals surface area (Å²) >= 11 is 0. The SMILES string of the molecule is CN(C)CCN1CC(C(=O)NCCN2CCOCC2)CC1=O. The van der Waals surface area contributed by atoms with Gasteiger partial charge in [0.25, 0.3) is 0 Å². The lowest BCUT2D eigenvalue weighted by Crippen LogP contribution is -2.42. The van der Waals surface area contributed by atoms with Crippen LogP contribution in [0.4, 0.5) is 0 Å². The number of rotatable bonds is 7. The van der Waals surface area contributed by atoms with Crippen LogP contribution in [0.1, 0.15) is 6.42 Å². The first-order valence-corrected chi connectivity index (χ1v) is 8.06. The van der Waals surface area contributed by atoms with Gasteiger partial charge in [0.1, 0.15) is 0 Å². The van der Waals surface area contributed by atoms with Crippen molar-refractivity contribution in [3.8, 4) is 0 Å². The molecule has 2 fully saturated rings. The van der Waals surface area contributed by atoms with Crippen LogP contribution < -0.4 is 5.32 Å². The van der Waals surface area contributed by atoms with Crippen molar-refractivity contribution in [2.75, 3.05) is 73.1 Å². The van der Waals surface area contributed by atoms with Crippen LogP contribution in [0.2, 0.25) is 0 Å². The number of hydrogen-bond acceptors (Lipinski definition) is 5. The number of carbonyl (C=O) groups excluding carboxylic acids is 2. The molecule has 0 radical (unpaired) electrons. The van der Waals surface area contributed by atoms with E-state index in [1.807, 2.05) is 19.0 Å². The Balaban J connectivity index is 1.66. The fourth-order valence-corrected chi connectivity index (χ4v) is 2.79. The molecule has 2 amide bonds. The van der Waals surface area contributed by atoms with Crippen molar-refractivity contribution in [1.29, 1.82) is 0 Å². The van der Waals surface area contributed by atoms with Gasteiger partial charge in [-0.1, -0.05) is 0 Å². The Morgan fingerprint density at radius 3 is 2.73 bits per heavy atom. The van der Waals surface area contributed by atoms with E-state index in [-0.39, 0.29) is 17.7 Å². The molecule has 7 heteroatoms. The zero-order valence-electron chi connectivity index (χ0n) is 13.7. The minimum Gasteiger partial charge on any atom is -0.379 e. The van der Waals surface area contributed by atoms with E-state index >= 15 is 0 Å². The van der Waals surface area contributed by atoms with Crippen LogP contribution in [0.5, 0.6) is 0 Å². The number of likely N-dealkylation sites (tertiary alicyclic amines) is 1. The number of ether oxygens (including phenoxy) is 1. The Hall–Kier alpha value is -1.18. The van der Waals surface area contributed by atoms with Crippen LogP contribution in [-0.2, 0) is 14.3 Å². The van der Waals surface area contributed by atoms with E-state index in [0.717, 1.165) is 39.4 Å². The smallest absolute Gasteiger partial charge is 0.225 e. The van der Waals surface area contributed by atoms with Gasteiger partial charge in [-0.2, -0.15) is 0 Å². The first-order chi connectivity index (χ1) is 10.6. The molecule has 0 spiro atoms. The highest BCUT2D eigenvalue weighted by Gasteiger charge is 2.33. The molecule has 2 rings (SSSR count). The zero-order valence-corrected chi connectivity index (χ0v) is 13.7. The van der Waals surface area contributed by atoms with Gasteiger partial charge >= 0.3 is 0 Å². The lowest BCUT2D eigenvalue weighted by molar-refractivity contribution is -0.129. The number of hydrogen-bond donors (Lipinski definition) is 1. The summed E-state index contributed by atoms with van der Waals surface area (Å²) < 4.78 is 5.30. The van der Waals surface area contributed by atoms with Gasteiger partial charge < -0.3 is 19.9 Å². The van der Waals surface area contributed by atoms with Gasteiger partial charge in [-0.25, -0.2) is 0 Å². The van der Waals surface area contributed by atoms with Gasteiger partial charge in [0.2, 0.25) is 11.8 Å². The van der Waals surface area contributed by atoms with Crippen LogP contribution in [0.15, 0.2) is 0 Å². The van der Waals surface area contributed by atoms with Gasteiger partial charge in [-0.05, 0) is 14.1 Å². The van der Waals surface area contributed by atoms with Crippen molar-refractivity contribution in [3.05, 3.63) is 0 Å². The number of carbonyl (C=O) groups is 2. The summed E-state index contributed by atoms with van der Waals surface area (Å²) in [5, 5.41) is 2.97. The third-order valence-electron chi connectivity index (χ3n) is 4.23. The maximum Gasteiger partial charge on any atom is 0.225 e. The lowest BCUT2D eigenvalue weighted by Gasteiger charge is -2.26. The fourth-order valence-electron chi connectivity index (χ4n) is 2.79. The minimum absolute atomic E-state index is 0.00830. The average molecular weight is 312 g/mol. The standard InChI is InChI=1S/C15H28N4O3/c1-17(2)5-6-19-12-13(11-14(19)20)15(21)16-3-4-18-7-9-22-10-8-18/h13H,3-12H2,1-2H3,(H,16,21). The van der Waals surface area contributed by atoms with Gasteiger partial charge in [0.05, 0.1) is 19.1 Å². The maximum absolute atomic E-state index is 12.2. The lowest BCUT2D eigenvalue weighted by atomic mass is 10.1. The highest BCUT2D eigenvalue weighted by Crippen LogP contribution is 2.17. The first-order valence-electron chi connectivity index (χ1n) is 8.06. The highest BCUT2D eigenvalue weighted by molar-refractivity contribution is 5.89. The predicted molar refractivity (Wildman–Crippen MR) is 83.5 cm³/mol. The fraction of sp³-hybridized carbons (Fsp3) is 0.867. The minimum atomic E-state index is -0.195. The van der Waals surface area contributed by atoms with Crippen molar-refractivity contribution in [2.45, 2.75) is 6.42 Å². The number of nitrogens with zero attached hydrogens (tertiary/aromatic N) is 3. The molecule has 22 heavy (non-hydrogen) atoms. The second-order valence-electron chi connectivity index (χ2n) is 6.29. The van der Waals surface area contributed by atoms with Crippen molar-refractivity contribution >= 4 is 11.8 Å². The van der Waals surface area contributed by atoms with Crippen molar-refractivity contribution in [3.63, 3.8) is 0 Å². The molecule has 0 saturated carbocycles. The molecule has 2 aliphatic rings. The second-order valence-corrected chi connectivity index (χ2v) is 6.29. The molecular formula is C15H28N4O3. The quantitative estimate of drug-likeness (QED) is 0.643. The van der Waals surface area contributed by atoms with E-state index in [9.17, 15) is 9.59 Å². The molecule has 1 unspecified atom stereocenters. The molecule has 2 aliphatic heterocycles. The highest BCUT2D eigenvalue weighted by atomic mass is 16.5. The normalized spacial score (nSPS) is 23.3. The Bertz CT molecular complexity index is 383. The van der Waals surface area contributed by atoms with Gasteiger partial charge in [0.15, 0.2) is 0 Å². The molecule has 0 aromatic carbocycles. The summed E-state index contributed by atoms with van der Waals surface area (Å²) in [6.07, 6.45) is 0.344. The molecule has 1 atom stereocenters. The van der Waals surface area contributed by atoms with Crippen LogP contribution in [-0.4, -0.2) is 99.6 Å². The van der Waals surface area contributed by atoms with E-state index in [1.54, 1.807) is 4.90 Å². The van der Waals surface area contributed by atoms with Crippen LogP contribution in [0.25, 0.3) is 0 Å². The van der Waals surface area contributed by atoms with E-state index < -0.39 is 0 Å². The van der Waals surface area contributed by atoms with E-state index in [2.05, 4.69) is 10.2 Å². The molecule has 0 aliphatic carbocycles. The topological polar surface area (TPSA) is 65.1 Å². The number of morpholine rings is 1. The number of likely N-dealkylation sites (N-methyl/N-ethyl adjacent to an activating group) is 1. The summed E-state index contributed by atoms with van der Waals surface area (Å²) in [5.41, 5.74) is 0. The summed E-state index contributed by atoms with van der Waals surface area (Å²) in [6.45, 7) is 6.96. The summed E-state index contributed by atoms with van der Waals surface area (Å²) in [4.78, 5) is 30.2. The largest absolute Gasteiger partial charge is 0.379 e. The van der Waals surface area contributed by atoms with Crippen LogP contribution >= 0.6 is 0 Å². The molecule has 0 aromatic rings. The molecule has 2 heterocycles. The van der Waals surface area contributed by atoms with Crippen LogP contribution in [0.3, 0.4) is 0 Å². The molecule has 126 valence electrons. The summed E-state index contributed by atoms with van der Waals surface area (Å²) in [6, 6.07) is 0. The molecule has 0 aromatic heterocycles. The third-order valence-corrected chi connectivity index (χ3v) is 4.23. The monoisotopic (exact) mass is 312 g/mol. The van der Waals surface area contributed by atoms with Crippen LogP contribution in [0, 0.1) is 5.92 Å². The molecule has 2 saturated heterocycles. The van der Waals surface area contributed by atoms with E-state index in [0.29, 0.717) is 26.1 Å². The Morgan fingerprint density at radius 1 is 1.32 bits per heavy atom. The number of nitrogens with one attached hydrogen (secondary N) is 1. The maximum atomic E-state index is 12.2.